The predicted octanol–water partition coefficient (Wildman–Crippen LogP) is 4.72. The van der Waals surface area contributed by atoms with Gasteiger partial charge in [0.15, 0.2) is 0 Å². The van der Waals surface area contributed by atoms with Gasteiger partial charge in [-0.05, 0) is 19.3 Å². The first kappa shape index (κ1) is 21.9. The van der Waals surface area contributed by atoms with Crippen LogP contribution in [0.2, 0.25) is 0 Å². The Labute approximate surface area is 137 Å². The van der Waals surface area contributed by atoms with Crippen LogP contribution in [0.25, 0.3) is 0 Å². The quantitative estimate of drug-likeness (QED) is 0.335. The van der Waals surface area contributed by atoms with Gasteiger partial charge in [-0.1, -0.05) is 78.1 Å². The van der Waals surface area contributed by atoms with Gasteiger partial charge in [0.05, 0.1) is 11.4 Å². The number of unbranched alkanes of at least 4 members (excludes halogenated alkanes) is 9. The third-order valence-corrected chi connectivity index (χ3v) is 5.20. The molecule has 0 bridgehead atoms. The lowest BCUT2D eigenvalue weighted by Crippen LogP contribution is -2.30. The molecule has 134 valence electrons. The maximum Gasteiger partial charge on any atom is 0.264 e. The van der Waals surface area contributed by atoms with E-state index in [4.69, 9.17) is 4.55 Å². The Balaban J connectivity index is 3.62. The van der Waals surface area contributed by atoms with Gasteiger partial charge in [-0.15, -0.1) is 0 Å². The summed E-state index contributed by atoms with van der Waals surface area (Å²) >= 11 is 0. The topological polar surface area (TPSA) is 74.6 Å². The summed E-state index contributed by atoms with van der Waals surface area (Å²) in [6.45, 7) is 4.09. The van der Waals surface area contributed by atoms with Crippen molar-refractivity contribution in [3.63, 3.8) is 0 Å². The highest BCUT2D eigenvalue weighted by Crippen LogP contribution is 2.24. The molecule has 0 aromatic rings. The molecule has 1 atom stereocenters. The van der Waals surface area contributed by atoms with Gasteiger partial charge in [0.1, 0.15) is 0 Å². The summed E-state index contributed by atoms with van der Waals surface area (Å²) in [6.07, 6.45) is 13.7. The molecule has 0 aromatic carbocycles. The SMILES string of the molecule is CCCCCCCCCCCCC(O)(CC)CCS(=O)(=O)O. The molecule has 0 rings (SSSR count). The number of rotatable bonds is 15. The smallest absolute Gasteiger partial charge is 0.264 e. The van der Waals surface area contributed by atoms with E-state index in [9.17, 15) is 13.5 Å². The van der Waals surface area contributed by atoms with Crippen molar-refractivity contribution < 1.29 is 18.1 Å². The van der Waals surface area contributed by atoms with Crippen LogP contribution in [-0.2, 0) is 10.1 Å². The largest absolute Gasteiger partial charge is 0.390 e. The van der Waals surface area contributed by atoms with Crippen LogP contribution in [0, 0.1) is 0 Å². The lowest BCUT2D eigenvalue weighted by Gasteiger charge is -2.26. The lowest BCUT2D eigenvalue weighted by atomic mass is 9.90. The molecular formula is C17H36O4S. The average molecular weight is 337 g/mol. The maximum atomic E-state index is 10.8. The molecule has 0 saturated heterocycles. The number of hydrogen-bond donors (Lipinski definition) is 2. The summed E-state index contributed by atoms with van der Waals surface area (Å²) in [4.78, 5) is 0. The van der Waals surface area contributed by atoms with E-state index >= 15 is 0 Å². The predicted molar refractivity (Wildman–Crippen MR) is 92.7 cm³/mol. The van der Waals surface area contributed by atoms with Crippen LogP contribution in [-0.4, -0.2) is 29.4 Å². The highest BCUT2D eigenvalue weighted by Gasteiger charge is 2.25. The van der Waals surface area contributed by atoms with Crippen molar-refractivity contribution >= 4 is 10.1 Å². The zero-order valence-corrected chi connectivity index (χ0v) is 15.3. The third kappa shape index (κ3) is 13.5. The highest BCUT2D eigenvalue weighted by atomic mass is 32.2. The van der Waals surface area contributed by atoms with Crippen LogP contribution >= 0.6 is 0 Å². The molecule has 2 N–H and O–H groups in total. The van der Waals surface area contributed by atoms with E-state index in [0.29, 0.717) is 12.8 Å². The van der Waals surface area contributed by atoms with E-state index in [1.807, 2.05) is 6.92 Å². The molecule has 0 aromatic heterocycles. The average Bonchev–Trinajstić information content (AvgIpc) is 2.46. The molecule has 0 radical (unpaired) electrons. The van der Waals surface area contributed by atoms with E-state index < -0.39 is 15.7 Å². The second-order valence-corrected chi connectivity index (χ2v) is 8.12. The third-order valence-electron chi connectivity index (χ3n) is 4.48. The molecule has 0 spiro atoms. The molecule has 0 heterocycles. The van der Waals surface area contributed by atoms with Gasteiger partial charge >= 0.3 is 0 Å². The van der Waals surface area contributed by atoms with Gasteiger partial charge in [0.25, 0.3) is 10.1 Å². The minimum Gasteiger partial charge on any atom is -0.390 e. The standard InChI is InChI=1S/C17H36O4S/c1-3-5-6-7-8-9-10-11-12-13-14-17(18,4-2)15-16-22(19,20)21/h18H,3-16H2,1-2H3,(H,19,20,21). The molecule has 0 aliphatic carbocycles. The van der Waals surface area contributed by atoms with Crippen molar-refractivity contribution in [2.75, 3.05) is 5.75 Å². The Bertz CT molecular complexity index is 354. The van der Waals surface area contributed by atoms with Crippen molar-refractivity contribution in [3.05, 3.63) is 0 Å². The summed E-state index contributed by atoms with van der Waals surface area (Å²) in [5, 5.41) is 10.3. The van der Waals surface area contributed by atoms with E-state index in [0.717, 1.165) is 12.8 Å². The first-order valence-electron chi connectivity index (χ1n) is 9.00. The zero-order chi connectivity index (χ0) is 16.9. The van der Waals surface area contributed by atoms with Crippen molar-refractivity contribution in [1.29, 1.82) is 0 Å². The molecule has 22 heavy (non-hydrogen) atoms. The first-order chi connectivity index (χ1) is 10.3. The van der Waals surface area contributed by atoms with Crippen LogP contribution in [0.4, 0.5) is 0 Å². The molecule has 0 saturated carbocycles. The second-order valence-electron chi connectivity index (χ2n) is 6.55. The van der Waals surface area contributed by atoms with Crippen LogP contribution in [0.3, 0.4) is 0 Å². The fourth-order valence-electron chi connectivity index (χ4n) is 2.74. The Kier molecular flexibility index (Phi) is 12.2. The molecular weight excluding hydrogens is 300 g/mol. The normalized spacial score (nSPS) is 14.9. The molecule has 0 amide bonds. The number of aliphatic hydroxyl groups is 1. The van der Waals surface area contributed by atoms with Gasteiger partial charge in [0, 0.05) is 0 Å². The highest BCUT2D eigenvalue weighted by molar-refractivity contribution is 7.85. The van der Waals surface area contributed by atoms with E-state index in [1.54, 1.807) is 0 Å². The van der Waals surface area contributed by atoms with Gasteiger partial charge in [-0.2, -0.15) is 8.42 Å². The maximum absolute atomic E-state index is 10.8. The Morgan fingerprint density at radius 2 is 1.23 bits per heavy atom. The number of hydrogen-bond acceptors (Lipinski definition) is 3. The Hall–Kier alpha value is -0.130. The van der Waals surface area contributed by atoms with E-state index in [-0.39, 0.29) is 12.2 Å². The van der Waals surface area contributed by atoms with Crippen LogP contribution in [0.5, 0.6) is 0 Å². The summed E-state index contributed by atoms with van der Waals surface area (Å²) in [5.41, 5.74) is -0.948. The van der Waals surface area contributed by atoms with Crippen LogP contribution in [0.1, 0.15) is 97.3 Å². The van der Waals surface area contributed by atoms with Crippen molar-refractivity contribution in [3.8, 4) is 0 Å². The molecule has 5 heteroatoms. The summed E-state index contributed by atoms with van der Waals surface area (Å²) in [7, 11) is -3.98. The van der Waals surface area contributed by atoms with Crippen molar-refractivity contribution in [2.24, 2.45) is 0 Å². The first-order valence-corrected chi connectivity index (χ1v) is 10.6. The summed E-state index contributed by atoms with van der Waals surface area (Å²) in [6, 6.07) is 0. The van der Waals surface area contributed by atoms with Gasteiger partial charge in [0.2, 0.25) is 0 Å². The molecule has 4 nitrogen and oxygen atoms in total. The molecule has 0 aliphatic rings. The second kappa shape index (κ2) is 12.3. The Morgan fingerprint density at radius 3 is 1.64 bits per heavy atom. The summed E-state index contributed by atoms with van der Waals surface area (Å²) in [5.74, 6) is -0.352. The zero-order valence-electron chi connectivity index (χ0n) is 14.5. The minimum absolute atomic E-state index is 0.125. The van der Waals surface area contributed by atoms with Crippen molar-refractivity contribution in [1.82, 2.24) is 0 Å². The molecule has 0 fully saturated rings. The fraction of sp³-hybridized carbons (Fsp3) is 1.00. The van der Waals surface area contributed by atoms with Crippen LogP contribution < -0.4 is 0 Å². The van der Waals surface area contributed by atoms with Crippen LogP contribution in [0.15, 0.2) is 0 Å². The fourth-order valence-corrected chi connectivity index (χ4v) is 3.38. The van der Waals surface area contributed by atoms with Crippen molar-refractivity contribution in [2.45, 2.75) is 103 Å². The van der Waals surface area contributed by atoms with Gasteiger partial charge < -0.3 is 5.11 Å². The Morgan fingerprint density at radius 1 is 0.773 bits per heavy atom. The monoisotopic (exact) mass is 336 g/mol. The lowest BCUT2D eigenvalue weighted by molar-refractivity contribution is 0.0215. The van der Waals surface area contributed by atoms with Gasteiger partial charge in [-0.25, -0.2) is 0 Å². The molecule has 1 unspecified atom stereocenters. The van der Waals surface area contributed by atoms with E-state index in [2.05, 4.69) is 6.92 Å². The minimum atomic E-state index is -3.98. The van der Waals surface area contributed by atoms with E-state index in [1.165, 1.54) is 51.4 Å². The molecule has 0 aliphatic heterocycles. The summed E-state index contributed by atoms with van der Waals surface area (Å²) < 4.78 is 30.3. The van der Waals surface area contributed by atoms with Gasteiger partial charge in [-0.3, -0.25) is 4.55 Å².